The van der Waals surface area contributed by atoms with Gasteiger partial charge in [-0.2, -0.15) is 10.9 Å². The van der Waals surface area contributed by atoms with E-state index in [9.17, 15) is 0 Å². The number of nitrogens with zero attached hydrogens (tertiary/aromatic N) is 1. The van der Waals surface area contributed by atoms with E-state index in [0.29, 0.717) is 0 Å². The Morgan fingerprint density at radius 3 is 2.62 bits per heavy atom. The largest absolute Gasteiger partial charge is 0.244 e. The van der Waals surface area contributed by atoms with Crippen molar-refractivity contribution in [3.63, 3.8) is 0 Å². The molecule has 0 spiro atoms. The van der Waals surface area contributed by atoms with Crippen LogP contribution in [0.1, 0.15) is 5.56 Å². The molecule has 0 fully saturated rings. The molecule has 13 heavy (non-hydrogen) atoms. The van der Waals surface area contributed by atoms with Crippen LogP contribution in [0.5, 0.6) is 0 Å². The van der Waals surface area contributed by atoms with Crippen LogP contribution in [0.4, 0.5) is 0 Å². The molecule has 1 aliphatic heterocycles. The molecule has 0 N–H and O–H groups in total. The standard InChI is InChI=1S/C10H10INS/c11-10-12-6-7-13(10)8-9-4-2-1-3-5-9/h1-7,13H,8H2. The predicted molar refractivity (Wildman–Crippen MR) is 69.7 cm³/mol. The lowest BCUT2D eigenvalue weighted by molar-refractivity contribution is 1.42. The Morgan fingerprint density at radius 2 is 2.00 bits per heavy atom. The number of rotatable bonds is 2. The van der Waals surface area contributed by atoms with Crippen LogP contribution < -0.4 is 0 Å². The van der Waals surface area contributed by atoms with Crippen molar-refractivity contribution in [2.24, 2.45) is 4.99 Å². The van der Waals surface area contributed by atoms with Crippen LogP contribution in [0.3, 0.4) is 0 Å². The maximum atomic E-state index is 4.27. The van der Waals surface area contributed by atoms with E-state index < -0.39 is 0 Å². The molecule has 0 radical (unpaired) electrons. The van der Waals surface area contributed by atoms with Gasteiger partial charge < -0.3 is 0 Å². The Labute approximate surface area is 94.4 Å². The van der Waals surface area contributed by atoms with Crippen molar-refractivity contribution in [3.8, 4) is 0 Å². The molecule has 68 valence electrons. The molecule has 1 heterocycles. The van der Waals surface area contributed by atoms with Gasteiger partial charge in [0.2, 0.25) is 0 Å². The van der Waals surface area contributed by atoms with Gasteiger partial charge >= 0.3 is 0 Å². The molecule has 1 nitrogen and oxygen atoms in total. The molecule has 3 heteroatoms. The highest BCUT2D eigenvalue weighted by molar-refractivity contribution is 14.1. The van der Waals surface area contributed by atoms with Gasteiger partial charge in [0.15, 0.2) is 0 Å². The summed E-state index contributed by atoms with van der Waals surface area (Å²) in [6.45, 7) is 0. The molecule has 1 aromatic rings. The van der Waals surface area contributed by atoms with Gasteiger partial charge in [-0.3, -0.25) is 0 Å². The average Bonchev–Trinajstić information content (AvgIpc) is 2.54. The highest BCUT2D eigenvalue weighted by atomic mass is 127. The lowest BCUT2D eigenvalue weighted by Gasteiger charge is -2.11. The topological polar surface area (TPSA) is 12.4 Å². The van der Waals surface area contributed by atoms with Gasteiger partial charge in [-0.1, -0.05) is 30.3 Å². The van der Waals surface area contributed by atoms with Crippen LogP contribution in [0.25, 0.3) is 0 Å². The summed E-state index contributed by atoms with van der Waals surface area (Å²) in [5, 5.41) is 2.23. The third kappa shape index (κ3) is 2.34. The first-order valence-electron chi connectivity index (χ1n) is 4.07. The summed E-state index contributed by atoms with van der Waals surface area (Å²) in [5.74, 6) is 1.13. The molecule has 0 saturated heterocycles. The minimum atomic E-state index is -0.127. The Balaban J connectivity index is 2.07. The van der Waals surface area contributed by atoms with E-state index in [1.54, 1.807) is 0 Å². The quantitative estimate of drug-likeness (QED) is 0.634. The first-order chi connectivity index (χ1) is 6.36. The first-order valence-corrected chi connectivity index (χ1v) is 6.74. The van der Waals surface area contributed by atoms with E-state index in [1.807, 2.05) is 6.20 Å². The number of thiol groups is 1. The van der Waals surface area contributed by atoms with Crippen LogP contribution in [-0.2, 0) is 5.75 Å². The highest BCUT2D eigenvalue weighted by Crippen LogP contribution is 2.39. The Hall–Kier alpha value is -0.290. The van der Waals surface area contributed by atoms with Crippen molar-refractivity contribution in [1.29, 1.82) is 0 Å². The molecular formula is C10H10INS. The molecule has 0 aromatic heterocycles. The maximum absolute atomic E-state index is 4.27. The Kier molecular flexibility index (Phi) is 3.05. The summed E-state index contributed by atoms with van der Waals surface area (Å²) >= 11 is 2.34. The number of halogens is 1. The van der Waals surface area contributed by atoms with Crippen molar-refractivity contribution in [1.82, 2.24) is 0 Å². The third-order valence-electron chi connectivity index (χ3n) is 1.86. The number of hydrogen-bond acceptors (Lipinski definition) is 1. The number of aliphatic imine (C=N–C) groups is 1. The van der Waals surface area contributed by atoms with Gasteiger partial charge in [0, 0.05) is 12.0 Å². The predicted octanol–water partition coefficient (Wildman–Crippen LogP) is 3.46. The monoisotopic (exact) mass is 303 g/mol. The average molecular weight is 303 g/mol. The number of benzene rings is 1. The smallest absolute Gasteiger partial charge is 0.118 e. The zero-order valence-electron chi connectivity index (χ0n) is 7.02. The molecule has 1 unspecified atom stereocenters. The minimum absolute atomic E-state index is 0.127. The van der Waals surface area contributed by atoms with Gasteiger partial charge in [0.1, 0.15) is 3.05 Å². The summed E-state index contributed by atoms with van der Waals surface area (Å²) in [6, 6.07) is 10.6. The van der Waals surface area contributed by atoms with E-state index in [1.165, 1.54) is 8.61 Å². The zero-order chi connectivity index (χ0) is 9.10. The van der Waals surface area contributed by atoms with Gasteiger partial charge in [0.05, 0.1) is 0 Å². The van der Waals surface area contributed by atoms with E-state index in [-0.39, 0.29) is 10.9 Å². The second-order valence-electron chi connectivity index (χ2n) is 2.81. The van der Waals surface area contributed by atoms with Crippen LogP contribution in [-0.4, -0.2) is 3.05 Å². The van der Waals surface area contributed by atoms with E-state index in [4.69, 9.17) is 0 Å². The summed E-state index contributed by atoms with van der Waals surface area (Å²) < 4.78 is 1.26. The molecule has 1 atom stereocenters. The lowest BCUT2D eigenvalue weighted by atomic mass is 10.2. The summed E-state index contributed by atoms with van der Waals surface area (Å²) in [6.07, 6.45) is 1.93. The molecule has 0 aliphatic carbocycles. The minimum Gasteiger partial charge on any atom is -0.244 e. The fourth-order valence-electron chi connectivity index (χ4n) is 1.21. The third-order valence-corrected chi connectivity index (χ3v) is 5.79. The van der Waals surface area contributed by atoms with Gasteiger partial charge in [-0.05, 0) is 33.6 Å². The van der Waals surface area contributed by atoms with Gasteiger partial charge in [-0.15, -0.1) is 0 Å². The fourth-order valence-corrected chi connectivity index (χ4v) is 3.77. The molecule has 0 saturated carbocycles. The normalized spacial score (nSPS) is 23.2. The summed E-state index contributed by atoms with van der Waals surface area (Å²) in [7, 11) is -0.127. The van der Waals surface area contributed by atoms with E-state index >= 15 is 0 Å². The summed E-state index contributed by atoms with van der Waals surface area (Å²) in [5.41, 5.74) is 1.41. The van der Waals surface area contributed by atoms with E-state index in [0.717, 1.165) is 5.75 Å². The van der Waals surface area contributed by atoms with Crippen molar-refractivity contribution in [2.75, 3.05) is 0 Å². The van der Waals surface area contributed by atoms with Crippen molar-refractivity contribution >= 4 is 36.5 Å². The molecule has 2 rings (SSSR count). The lowest BCUT2D eigenvalue weighted by Crippen LogP contribution is -1.88. The van der Waals surface area contributed by atoms with Crippen LogP contribution >= 0.6 is 33.5 Å². The van der Waals surface area contributed by atoms with E-state index in [2.05, 4.69) is 63.3 Å². The van der Waals surface area contributed by atoms with Crippen molar-refractivity contribution in [2.45, 2.75) is 5.75 Å². The zero-order valence-corrected chi connectivity index (χ0v) is 10.1. The van der Waals surface area contributed by atoms with Crippen LogP contribution in [0.15, 0.2) is 46.9 Å². The maximum Gasteiger partial charge on any atom is 0.118 e. The van der Waals surface area contributed by atoms with Crippen LogP contribution in [0.2, 0.25) is 0 Å². The second-order valence-corrected chi connectivity index (χ2v) is 6.66. The second kappa shape index (κ2) is 4.28. The fraction of sp³-hybridized carbons (Fsp3) is 0.100. The Morgan fingerprint density at radius 1 is 1.23 bits per heavy atom. The van der Waals surface area contributed by atoms with Crippen molar-refractivity contribution < 1.29 is 0 Å². The highest BCUT2D eigenvalue weighted by Gasteiger charge is 2.09. The van der Waals surface area contributed by atoms with Gasteiger partial charge in [0.25, 0.3) is 0 Å². The molecule has 0 bridgehead atoms. The molecular weight excluding hydrogens is 293 g/mol. The SMILES string of the molecule is IC1=NC=C[SH]1Cc1ccccc1. The first kappa shape index (κ1) is 9.27. The van der Waals surface area contributed by atoms with Gasteiger partial charge in [-0.25, -0.2) is 4.99 Å². The van der Waals surface area contributed by atoms with Crippen molar-refractivity contribution in [3.05, 3.63) is 47.5 Å². The van der Waals surface area contributed by atoms with Crippen LogP contribution in [0, 0.1) is 0 Å². The molecule has 0 amide bonds. The molecule has 1 aromatic carbocycles. The number of hydrogen-bond donors (Lipinski definition) is 1. The Bertz CT molecular complexity index is 345. The molecule has 1 aliphatic rings. The summed E-state index contributed by atoms with van der Waals surface area (Å²) in [4.78, 5) is 4.27.